The third-order valence-corrected chi connectivity index (χ3v) is 2.89. The van der Waals surface area contributed by atoms with Crippen LogP contribution in [0.4, 0.5) is 0 Å². The molecule has 0 aromatic heterocycles. The van der Waals surface area contributed by atoms with E-state index in [0.29, 0.717) is 12.6 Å². The molecule has 3 nitrogen and oxygen atoms in total. The molecule has 0 bridgehead atoms. The Bertz CT molecular complexity index is 137. The third-order valence-electron chi connectivity index (χ3n) is 2.89. The van der Waals surface area contributed by atoms with Gasteiger partial charge < -0.3 is 15.7 Å². The molecule has 3 N–H and O–H groups in total. The molecule has 1 aliphatic rings. The molecule has 0 spiro atoms. The van der Waals surface area contributed by atoms with Gasteiger partial charge in [-0.25, -0.2) is 0 Å². The van der Waals surface area contributed by atoms with Gasteiger partial charge in [-0.1, -0.05) is 0 Å². The Balaban J connectivity index is 2.15. The average Bonchev–Trinajstić information content (AvgIpc) is 2.90. The maximum atomic E-state index is 8.65. The zero-order valence-corrected chi connectivity index (χ0v) is 8.58. The van der Waals surface area contributed by atoms with Gasteiger partial charge in [-0.05, 0) is 45.2 Å². The Kier molecular flexibility index (Phi) is 4.70. The monoisotopic (exact) mass is 186 g/mol. The molecular formula is C10H22N2O. The van der Waals surface area contributed by atoms with E-state index in [-0.39, 0.29) is 0 Å². The largest absolute Gasteiger partial charge is 0.396 e. The Morgan fingerprint density at radius 2 is 2.15 bits per heavy atom. The summed E-state index contributed by atoms with van der Waals surface area (Å²) in [5.74, 6) is 0.851. The number of likely N-dealkylation sites (N-methyl/N-ethyl adjacent to an activating group) is 1. The van der Waals surface area contributed by atoms with E-state index in [1.165, 1.54) is 12.8 Å². The van der Waals surface area contributed by atoms with Crippen LogP contribution in [0.2, 0.25) is 0 Å². The predicted octanol–water partition coefficient (Wildman–Crippen LogP) is 0.428. The summed E-state index contributed by atoms with van der Waals surface area (Å²) in [7, 11) is 2.15. The van der Waals surface area contributed by atoms with Crippen molar-refractivity contribution in [2.75, 3.05) is 26.7 Å². The summed E-state index contributed by atoms with van der Waals surface area (Å²) in [6.45, 7) is 2.16. The van der Waals surface area contributed by atoms with E-state index in [4.69, 9.17) is 10.8 Å². The number of nitrogens with zero attached hydrogens (tertiary/aromatic N) is 1. The van der Waals surface area contributed by atoms with Crippen LogP contribution in [0.3, 0.4) is 0 Å². The minimum absolute atomic E-state index is 0.310. The van der Waals surface area contributed by atoms with Crippen LogP contribution in [0.25, 0.3) is 0 Å². The first-order valence-corrected chi connectivity index (χ1v) is 5.30. The summed E-state index contributed by atoms with van der Waals surface area (Å²) < 4.78 is 0. The maximum Gasteiger partial charge on any atom is 0.0431 e. The van der Waals surface area contributed by atoms with E-state index in [9.17, 15) is 0 Å². The minimum Gasteiger partial charge on any atom is -0.396 e. The molecule has 0 heterocycles. The van der Waals surface area contributed by atoms with Crippen molar-refractivity contribution in [1.82, 2.24) is 4.90 Å². The number of aliphatic hydroxyl groups excluding tert-OH is 1. The third kappa shape index (κ3) is 3.63. The molecule has 0 amide bonds. The fourth-order valence-electron chi connectivity index (χ4n) is 1.85. The average molecular weight is 186 g/mol. The van der Waals surface area contributed by atoms with Gasteiger partial charge in [0.25, 0.3) is 0 Å². The van der Waals surface area contributed by atoms with E-state index in [1.807, 2.05) is 0 Å². The molecule has 1 fully saturated rings. The van der Waals surface area contributed by atoms with Crippen LogP contribution < -0.4 is 5.73 Å². The molecule has 1 unspecified atom stereocenters. The Morgan fingerprint density at radius 1 is 1.46 bits per heavy atom. The molecular weight excluding hydrogens is 164 g/mol. The normalized spacial score (nSPS) is 19.4. The summed E-state index contributed by atoms with van der Waals surface area (Å²) >= 11 is 0. The predicted molar refractivity (Wildman–Crippen MR) is 54.5 cm³/mol. The van der Waals surface area contributed by atoms with E-state index >= 15 is 0 Å². The van der Waals surface area contributed by atoms with Crippen molar-refractivity contribution in [1.29, 1.82) is 0 Å². The van der Waals surface area contributed by atoms with Crippen LogP contribution in [0.5, 0.6) is 0 Å². The van der Waals surface area contributed by atoms with Gasteiger partial charge in [0.05, 0.1) is 0 Å². The highest BCUT2D eigenvalue weighted by atomic mass is 16.2. The van der Waals surface area contributed by atoms with Gasteiger partial charge in [-0.2, -0.15) is 0 Å². The molecule has 13 heavy (non-hydrogen) atoms. The highest BCUT2D eigenvalue weighted by Gasteiger charge is 2.32. The van der Waals surface area contributed by atoms with E-state index in [1.54, 1.807) is 0 Å². The van der Waals surface area contributed by atoms with Crippen molar-refractivity contribution < 1.29 is 5.11 Å². The van der Waals surface area contributed by atoms with Crippen LogP contribution in [0, 0.1) is 5.92 Å². The number of rotatable bonds is 7. The van der Waals surface area contributed by atoms with E-state index in [0.717, 1.165) is 31.8 Å². The van der Waals surface area contributed by atoms with E-state index < -0.39 is 0 Å². The molecule has 1 rings (SSSR count). The SMILES string of the molecule is CN(CCCCO)C(CN)C1CC1. The zero-order chi connectivity index (χ0) is 9.68. The molecule has 0 aliphatic heterocycles. The summed E-state index contributed by atoms with van der Waals surface area (Å²) in [4.78, 5) is 2.35. The van der Waals surface area contributed by atoms with Crippen molar-refractivity contribution in [2.45, 2.75) is 31.7 Å². The van der Waals surface area contributed by atoms with Crippen molar-refractivity contribution in [2.24, 2.45) is 11.7 Å². The number of unbranched alkanes of at least 4 members (excludes halogenated alkanes) is 1. The molecule has 0 radical (unpaired) electrons. The van der Waals surface area contributed by atoms with Crippen LogP contribution in [0.1, 0.15) is 25.7 Å². The first kappa shape index (κ1) is 11.0. The number of hydrogen-bond donors (Lipinski definition) is 2. The molecule has 0 saturated heterocycles. The van der Waals surface area contributed by atoms with Gasteiger partial charge >= 0.3 is 0 Å². The lowest BCUT2D eigenvalue weighted by molar-refractivity contribution is 0.208. The molecule has 1 aliphatic carbocycles. The van der Waals surface area contributed by atoms with E-state index in [2.05, 4.69) is 11.9 Å². The molecule has 78 valence electrons. The summed E-state index contributed by atoms with van der Waals surface area (Å²) in [6, 6.07) is 0.582. The van der Waals surface area contributed by atoms with Gasteiger partial charge in [0.1, 0.15) is 0 Å². The second-order valence-corrected chi connectivity index (χ2v) is 4.05. The Labute approximate surface area is 80.9 Å². The fraction of sp³-hybridized carbons (Fsp3) is 1.00. The first-order valence-electron chi connectivity index (χ1n) is 5.30. The highest BCUT2D eigenvalue weighted by molar-refractivity contribution is 4.87. The van der Waals surface area contributed by atoms with Crippen LogP contribution >= 0.6 is 0 Å². The molecule has 1 saturated carbocycles. The minimum atomic E-state index is 0.310. The van der Waals surface area contributed by atoms with Crippen molar-refractivity contribution in [3.8, 4) is 0 Å². The Hall–Kier alpha value is -0.120. The summed E-state index contributed by atoms with van der Waals surface area (Å²) in [5, 5.41) is 8.65. The molecule has 3 heteroatoms. The van der Waals surface area contributed by atoms with Crippen LogP contribution in [0.15, 0.2) is 0 Å². The van der Waals surface area contributed by atoms with Crippen LogP contribution in [-0.2, 0) is 0 Å². The topological polar surface area (TPSA) is 49.5 Å². The quantitative estimate of drug-likeness (QED) is 0.567. The van der Waals surface area contributed by atoms with Gasteiger partial charge in [-0.15, -0.1) is 0 Å². The smallest absolute Gasteiger partial charge is 0.0431 e. The molecule has 1 atom stereocenters. The zero-order valence-electron chi connectivity index (χ0n) is 8.58. The van der Waals surface area contributed by atoms with Crippen LogP contribution in [-0.4, -0.2) is 42.8 Å². The second-order valence-electron chi connectivity index (χ2n) is 4.05. The lowest BCUT2D eigenvalue weighted by atomic mass is 10.1. The fourth-order valence-corrected chi connectivity index (χ4v) is 1.85. The summed E-state index contributed by atoms with van der Waals surface area (Å²) in [6.07, 6.45) is 4.70. The number of aliphatic hydroxyl groups is 1. The maximum absolute atomic E-state index is 8.65. The van der Waals surface area contributed by atoms with Crippen molar-refractivity contribution in [3.63, 3.8) is 0 Å². The van der Waals surface area contributed by atoms with Gasteiger partial charge in [0.2, 0.25) is 0 Å². The number of nitrogens with two attached hydrogens (primary N) is 1. The first-order chi connectivity index (χ1) is 6.29. The molecule has 0 aromatic rings. The standard InChI is InChI=1S/C10H22N2O/c1-12(6-2-3-7-13)10(8-11)9-4-5-9/h9-10,13H,2-8,11H2,1H3. The van der Waals surface area contributed by atoms with Gasteiger partial charge in [0, 0.05) is 19.2 Å². The van der Waals surface area contributed by atoms with Gasteiger partial charge in [-0.3, -0.25) is 0 Å². The second kappa shape index (κ2) is 5.58. The highest BCUT2D eigenvalue weighted by Crippen LogP contribution is 2.34. The number of hydrogen-bond acceptors (Lipinski definition) is 3. The van der Waals surface area contributed by atoms with Gasteiger partial charge in [0.15, 0.2) is 0 Å². The van der Waals surface area contributed by atoms with Crippen molar-refractivity contribution in [3.05, 3.63) is 0 Å². The summed E-state index contributed by atoms with van der Waals surface area (Å²) in [5.41, 5.74) is 5.73. The molecule has 0 aromatic carbocycles. The lowest BCUT2D eigenvalue weighted by Gasteiger charge is -2.26. The van der Waals surface area contributed by atoms with Crippen molar-refractivity contribution >= 4 is 0 Å². The Morgan fingerprint density at radius 3 is 2.62 bits per heavy atom. The lowest BCUT2D eigenvalue weighted by Crippen LogP contribution is -2.40.